The Labute approximate surface area is 145 Å². The second-order valence-electron chi connectivity index (χ2n) is 7.83. The van der Waals surface area contributed by atoms with Crippen LogP contribution in [-0.4, -0.2) is 107 Å². The molecule has 2 aliphatic heterocycles. The summed E-state index contributed by atoms with van der Waals surface area (Å²) in [7, 11) is 0. The molecule has 2 fully saturated rings. The molecule has 0 aromatic heterocycles. The molecule has 2 rings (SSSR count). The summed E-state index contributed by atoms with van der Waals surface area (Å²) in [6.45, 7) is 11.3. The quantitative estimate of drug-likeness (QED) is 0.403. The lowest BCUT2D eigenvalue weighted by Gasteiger charge is -2.34. The summed E-state index contributed by atoms with van der Waals surface area (Å²) in [4.78, 5) is 4.33. The summed E-state index contributed by atoms with van der Waals surface area (Å²) < 4.78 is 11.5. The third-order valence-corrected chi connectivity index (χ3v) is 4.95. The molecule has 0 aromatic rings. The molecule has 0 bridgehead atoms. The number of ether oxygens (including phenoxy) is 2. The maximum atomic E-state index is 10.0. The van der Waals surface area contributed by atoms with Gasteiger partial charge in [-0.1, -0.05) is 0 Å². The Balaban J connectivity index is 1.68. The molecule has 7 atom stereocenters. The van der Waals surface area contributed by atoms with E-state index in [0.29, 0.717) is 25.2 Å². The second kappa shape index (κ2) is 8.40. The SMILES string of the molecule is CC1CN1CC(O)COC(CO)C(C)(C)OCC(O)CN1CC1C. The third kappa shape index (κ3) is 6.22. The highest BCUT2D eigenvalue weighted by molar-refractivity contribution is 4.88. The summed E-state index contributed by atoms with van der Waals surface area (Å²) in [5, 5.41) is 29.6. The van der Waals surface area contributed by atoms with E-state index >= 15 is 0 Å². The predicted molar refractivity (Wildman–Crippen MR) is 90.9 cm³/mol. The van der Waals surface area contributed by atoms with Crippen LogP contribution in [0.5, 0.6) is 0 Å². The fraction of sp³-hybridized carbons (Fsp3) is 1.00. The summed E-state index contributed by atoms with van der Waals surface area (Å²) in [6, 6.07) is 1.09. The number of hydrogen-bond donors (Lipinski definition) is 3. The summed E-state index contributed by atoms with van der Waals surface area (Å²) in [6.07, 6.45) is -1.68. The van der Waals surface area contributed by atoms with E-state index in [1.165, 1.54) is 0 Å². The Kier molecular flexibility index (Phi) is 7.01. The molecule has 7 nitrogen and oxygen atoms in total. The summed E-state index contributed by atoms with van der Waals surface area (Å²) in [5.41, 5.74) is -0.743. The molecule has 2 heterocycles. The molecule has 0 amide bonds. The molecule has 7 unspecified atom stereocenters. The Morgan fingerprint density at radius 1 is 1.00 bits per heavy atom. The Morgan fingerprint density at radius 3 is 1.88 bits per heavy atom. The average molecular weight is 346 g/mol. The molecular formula is C17H34N2O5. The van der Waals surface area contributed by atoms with Crippen LogP contribution < -0.4 is 0 Å². The van der Waals surface area contributed by atoms with Crippen molar-refractivity contribution < 1.29 is 24.8 Å². The molecule has 24 heavy (non-hydrogen) atoms. The highest BCUT2D eigenvalue weighted by Gasteiger charge is 2.35. The van der Waals surface area contributed by atoms with Crippen molar-refractivity contribution in [2.45, 2.75) is 63.7 Å². The number of aliphatic hydroxyl groups is 3. The lowest BCUT2D eigenvalue weighted by Crippen LogP contribution is -2.46. The first-order valence-corrected chi connectivity index (χ1v) is 8.93. The van der Waals surface area contributed by atoms with Crippen LogP contribution in [0.15, 0.2) is 0 Å². The van der Waals surface area contributed by atoms with E-state index in [2.05, 4.69) is 23.6 Å². The van der Waals surface area contributed by atoms with E-state index < -0.39 is 23.9 Å². The van der Waals surface area contributed by atoms with E-state index in [0.717, 1.165) is 13.1 Å². The van der Waals surface area contributed by atoms with E-state index in [-0.39, 0.29) is 19.8 Å². The van der Waals surface area contributed by atoms with Crippen molar-refractivity contribution in [3.8, 4) is 0 Å². The van der Waals surface area contributed by atoms with Crippen molar-refractivity contribution in [2.75, 3.05) is 46.0 Å². The van der Waals surface area contributed by atoms with Crippen molar-refractivity contribution in [1.82, 2.24) is 9.80 Å². The Bertz CT molecular complexity index is 395. The number of β-amino-alcohol motifs (C(OH)–C–C–N with tert-alkyl or cyclic N) is 2. The van der Waals surface area contributed by atoms with Gasteiger partial charge in [-0.15, -0.1) is 0 Å². The number of nitrogens with zero attached hydrogens (tertiary/aromatic N) is 2. The number of hydrogen-bond acceptors (Lipinski definition) is 7. The van der Waals surface area contributed by atoms with Gasteiger partial charge in [0, 0.05) is 38.3 Å². The fourth-order valence-electron chi connectivity index (χ4n) is 2.84. The highest BCUT2D eigenvalue weighted by atomic mass is 16.6. The normalized spacial score (nSPS) is 33.1. The van der Waals surface area contributed by atoms with Gasteiger partial charge in [0.05, 0.1) is 37.6 Å². The van der Waals surface area contributed by atoms with E-state index in [1.54, 1.807) is 0 Å². The fourth-order valence-corrected chi connectivity index (χ4v) is 2.84. The average Bonchev–Trinajstić information content (AvgIpc) is 3.38. The number of aliphatic hydroxyl groups excluding tert-OH is 3. The van der Waals surface area contributed by atoms with Gasteiger partial charge in [0.15, 0.2) is 0 Å². The van der Waals surface area contributed by atoms with Gasteiger partial charge in [-0.2, -0.15) is 0 Å². The van der Waals surface area contributed by atoms with Crippen LogP contribution in [0.3, 0.4) is 0 Å². The van der Waals surface area contributed by atoms with Crippen LogP contribution >= 0.6 is 0 Å². The molecule has 0 radical (unpaired) electrons. The van der Waals surface area contributed by atoms with Crippen molar-refractivity contribution in [2.24, 2.45) is 0 Å². The summed E-state index contributed by atoms with van der Waals surface area (Å²) in [5.74, 6) is 0. The van der Waals surface area contributed by atoms with Crippen LogP contribution in [0.1, 0.15) is 27.7 Å². The molecule has 0 aromatic carbocycles. The van der Waals surface area contributed by atoms with Gasteiger partial charge in [0.25, 0.3) is 0 Å². The van der Waals surface area contributed by atoms with Gasteiger partial charge in [-0.05, 0) is 27.7 Å². The lowest BCUT2D eigenvalue weighted by molar-refractivity contribution is -0.163. The minimum absolute atomic E-state index is 0.162. The van der Waals surface area contributed by atoms with Gasteiger partial charge >= 0.3 is 0 Å². The second-order valence-corrected chi connectivity index (χ2v) is 7.83. The van der Waals surface area contributed by atoms with Crippen molar-refractivity contribution in [1.29, 1.82) is 0 Å². The molecule has 142 valence electrons. The smallest absolute Gasteiger partial charge is 0.109 e. The first-order chi connectivity index (χ1) is 11.2. The maximum absolute atomic E-state index is 10.0. The molecule has 2 saturated heterocycles. The topological polar surface area (TPSA) is 85.2 Å². The first-order valence-electron chi connectivity index (χ1n) is 8.93. The zero-order valence-electron chi connectivity index (χ0n) is 15.4. The van der Waals surface area contributed by atoms with Crippen LogP contribution in [0.25, 0.3) is 0 Å². The molecular weight excluding hydrogens is 312 g/mol. The molecule has 0 saturated carbocycles. The lowest BCUT2D eigenvalue weighted by atomic mass is 10.0. The van der Waals surface area contributed by atoms with Crippen LogP contribution in [0.2, 0.25) is 0 Å². The zero-order chi connectivity index (χ0) is 17.9. The van der Waals surface area contributed by atoms with Crippen LogP contribution in [0, 0.1) is 0 Å². The molecule has 2 aliphatic rings. The van der Waals surface area contributed by atoms with Gasteiger partial charge in [-0.25, -0.2) is 0 Å². The van der Waals surface area contributed by atoms with Crippen molar-refractivity contribution in [3.63, 3.8) is 0 Å². The largest absolute Gasteiger partial charge is 0.394 e. The number of rotatable bonds is 12. The monoisotopic (exact) mass is 346 g/mol. The molecule has 3 N–H and O–H groups in total. The standard InChI is InChI=1S/C17H34N2O5/c1-12-5-18(12)7-14(21)10-23-16(9-20)17(3,4)24-11-15(22)8-19-6-13(19)2/h12-16,20-22H,5-11H2,1-4H3. The van der Waals surface area contributed by atoms with Crippen LogP contribution in [0.4, 0.5) is 0 Å². The van der Waals surface area contributed by atoms with Crippen molar-refractivity contribution >= 4 is 0 Å². The third-order valence-electron chi connectivity index (χ3n) is 4.95. The van der Waals surface area contributed by atoms with Gasteiger partial charge in [0.1, 0.15) is 6.10 Å². The van der Waals surface area contributed by atoms with Crippen molar-refractivity contribution in [3.05, 3.63) is 0 Å². The Morgan fingerprint density at radius 2 is 1.46 bits per heavy atom. The van der Waals surface area contributed by atoms with Gasteiger partial charge in [-0.3, -0.25) is 9.80 Å². The van der Waals surface area contributed by atoms with E-state index in [1.807, 2.05) is 13.8 Å². The van der Waals surface area contributed by atoms with E-state index in [4.69, 9.17) is 9.47 Å². The maximum Gasteiger partial charge on any atom is 0.109 e. The molecule has 0 spiro atoms. The molecule has 7 heteroatoms. The first kappa shape index (κ1) is 20.0. The minimum Gasteiger partial charge on any atom is -0.394 e. The Hall–Kier alpha value is -0.280. The van der Waals surface area contributed by atoms with E-state index in [9.17, 15) is 15.3 Å². The molecule has 0 aliphatic carbocycles. The van der Waals surface area contributed by atoms with Gasteiger partial charge in [0.2, 0.25) is 0 Å². The minimum atomic E-state index is -0.743. The van der Waals surface area contributed by atoms with Gasteiger partial charge < -0.3 is 24.8 Å². The predicted octanol–water partition coefficient (Wildman–Crippen LogP) is -0.711. The van der Waals surface area contributed by atoms with Crippen LogP contribution in [-0.2, 0) is 9.47 Å². The summed E-state index contributed by atoms with van der Waals surface area (Å²) >= 11 is 0. The highest BCUT2D eigenvalue weighted by Crippen LogP contribution is 2.21. The zero-order valence-corrected chi connectivity index (χ0v) is 15.4.